The van der Waals surface area contributed by atoms with E-state index >= 15 is 0 Å². The van der Waals surface area contributed by atoms with Crippen LogP contribution in [0.3, 0.4) is 0 Å². The molecule has 0 bridgehead atoms. The van der Waals surface area contributed by atoms with Gasteiger partial charge in [-0.15, -0.1) is 0 Å². The minimum Gasteiger partial charge on any atom is -0.495 e. The van der Waals surface area contributed by atoms with Gasteiger partial charge in [0.2, 0.25) is 0 Å². The monoisotopic (exact) mass is 224 g/mol. The molecule has 0 radical (unpaired) electrons. The zero-order valence-electron chi connectivity index (χ0n) is 9.55. The Kier molecular flexibility index (Phi) is 3.37. The molecule has 0 N–H and O–H groups in total. The highest BCUT2D eigenvalue weighted by Gasteiger charge is 2.10. The van der Waals surface area contributed by atoms with Crippen LogP contribution >= 0.6 is 0 Å². The van der Waals surface area contributed by atoms with Gasteiger partial charge in [-0.1, -0.05) is 30.3 Å². The number of rotatable bonds is 3. The predicted molar refractivity (Wildman–Crippen MR) is 65.5 cm³/mol. The fraction of sp³-hybridized carbons (Fsp3) is 0.143. The highest BCUT2D eigenvalue weighted by Crippen LogP contribution is 2.29. The van der Waals surface area contributed by atoms with E-state index in [0.29, 0.717) is 12.2 Å². The quantitative estimate of drug-likeness (QED) is 0.805. The van der Waals surface area contributed by atoms with E-state index in [1.807, 2.05) is 30.3 Å². The molecule has 0 unspecified atom stereocenters. The summed E-state index contributed by atoms with van der Waals surface area (Å²) in [6.07, 6.45) is 3.72. The third-order valence-electron chi connectivity index (χ3n) is 2.58. The molecular formula is C14H12N2O. The van der Waals surface area contributed by atoms with Crippen molar-refractivity contribution in [2.45, 2.75) is 6.42 Å². The molecule has 0 amide bonds. The average molecular weight is 224 g/mol. The first kappa shape index (κ1) is 11.2. The Labute approximate surface area is 100 Å². The lowest BCUT2D eigenvalue weighted by Crippen LogP contribution is -1.96. The molecule has 3 nitrogen and oxygen atoms in total. The van der Waals surface area contributed by atoms with Crippen molar-refractivity contribution in [1.29, 1.82) is 5.26 Å². The lowest BCUT2D eigenvalue weighted by Gasteiger charge is -2.10. The van der Waals surface area contributed by atoms with Crippen LogP contribution < -0.4 is 4.74 Å². The number of nitriles is 1. The Morgan fingerprint density at radius 3 is 2.65 bits per heavy atom. The molecular weight excluding hydrogens is 212 g/mol. The van der Waals surface area contributed by atoms with Gasteiger partial charge in [0, 0.05) is 17.3 Å². The Hall–Kier alpha value is -2.34. The molecule has 0 atom stereocenters. The number of ether oxygens (including phenoxy) is 1. The van der Waals surface area contributed by atoms with Crippen molar-refractivity contribution >= 4 is 0 Å². The average Bonchev–Trinajstić information content (AvgIpc) is 2.40. The lowest BCUT2D eigenvalue weighted by atomic mass is 10.00. The van der Waals surface area contributed by atoms with Gasteiger partial charge in [-0.2, -0.15) is 5.26 Å². The number of methoxy groups -OCH3 is 1. The van der Waals surface area contributed by atoms with Crippen molar-refractivity contribution in [2.75, 3.05) is 7.11 Å². The molecule has 1 heterocycles. The molecule has 84 valence electrons. The first-order valence-corrected chi connectivity index (χ1v) is 5.30. The van der Waals surface area contributed by atoms with Gasteiger partial charge >= 0.3 is 0 Å². The molecule has 0 aliphatic rings. The summed E-state index contributed by atoms with van der Waals surface area (Å²) in [5.74, 6) is 0.660. The Morgan fingerprint density at radius 1 is 1.24 bits per heavy atom. The van der Waals surface area contributed by atoms with Crippen molar-refractivity contribution in [3.8, 4) is 22.9 Å². The summed E-state index contributed by atoms with van der Waals surface area (Å²) in [4.78, 5) is 4.14. The zero-order valence-corrected chi connectivity index (χ0v) is 9.55. The number of pyridine rings is 1. The highest BCUT2D eigenvalue weighted by molar-refractivity contribution is 5.69. The van der Waals surface area contributed by atoms with Crippen LogP contribution in [0.5, 0.6) is 5.75 Å². The smallest absolute Gasteiger partial charge is 0.141 e. The number of aromatic nitrogens is 1. The maximum Gasteiger partial charge on any atom is 0.141 e. The van der Waals surface area contributed by atoms with E-state index in [1.165, 1.54) is 0 Å². The Balaban J connectivity index is 2.58. The van der Waals surface area contributed by atoms with Crippen LogP contribution in [0, 0.1) is 11.3 Å². The third-order valence-corrected chi connectivity index (χ3v) is 2.58. The molecule has 2 aromatic rings. The summed E-state index contributed by atoms with van der Waals surface area (Å²) in [5.41, 5.74) is 2.88. The van der Waals surface area contributed by atoms with Gasteiger partial charge in [-0.3, -0.25) is 4.98 Å². The minimum absolute atomic E-state index is 0.315. The van der Waals surface area contributed by atoms with Gasteiger partial charge in [0.15, 0.2) is 0 Å². The van der Waals surface area contributed by atoms with E-state index < -0.39 is 0 Å². The van der Waals surface area contributed by atoms with Crippen LogP contribution in [-0.2, 0) is 6.42 Å². The third kappa shape index (κ3) is 2.26. The molecule has 17 heavy (non-hydrogen) atoms. The Bertz CT molecular complexity index is 544. The fourth-order valence-electron chi connectivity index (χ4n) is 1.77. The van der Waals surface area contributed by atoms with Gasteiger partial charge in [0.05, 0.1) is 25.8 Å². The van der Waals surface area contributed by atoms with Crippen LogP contribution in [0.15, 0.2) is 42.7 Å². The fourth-order valence-corrected chi connectivity index (χ4v) is 1.77. The molecule has 0 spiro atoms. The predicted octanol–water partition coefficient (Wildman–Crippen LogP) is 2.82. The van der Waals surface area contributed by atoms with Crippen LogP contribution in [0.1, 0.15) is 5.56 Å². The second-order valence-corrected chi connectivity index (χ2v) is 3.57. The second kappa shape index (κ2) is 5.13. The maximum atomic E-state index is 8.89. The molecule has 0 saturated carbocycles. The number of hydrogen-bond donors (Lipinski definition) is 0. The SMILES string of the molecule is COc1cncc(-c2ccccc2)c1CC#N. The second-order valence-electron chi connectivity index (χ2n) is 3.57. The van der Waals surface area contributed by atoms with Crippen LogP contribution in [0.25, 0.3) is 11.1 Å². The van der Waals surface area contributed by atoms with Gasteiger partial charge in [-0.25, -0.2) is 0 Å². The Morgan fingerprint density at radius 2 is 2.00 bits per heavy atom. The lowest BCUT2D eigenvalue weighted by molar-refractivity contribution is 0.409. The standard InChI is InChI=1S/C14H12N2O/c1-17-14-10-16-9-13(12(14)7-8-15)11-5-3-2-4-6-11/h2-6,9-10H,7H2,1H3. The van der Waals surface area contributed by atoms with Crippen molar-refractivity contribution in [1.82, 2.24) is 4.98 Å². The topological polar surface area (TPSA) is 45.9 Å². The van der Waals surface area contributed by atoms with E-state index in [2.05, 4.69) is 11.1 Å². The first-order valence-electron chi connectivity index (χ1n) is 5.30. The van der Waals surface area contributed by atoms with Crippen LogP contribution in [-0.4, -0.2) is 12.1 Å². The van der Waals surface area contributed by atoms with E-state index in [1.54, 1.807) is 19.5 Å². The molecule has 1 aromatic heterocycles. The largest absolute Gasteiger partial charge is 0.495 e. The van der Waals surface area contributed by atoms with Crippen molar-refractivity contribution in [2.24, 2.45) is 0 Å². The normalized spacial score (nSPS) is 9.65. The summed E-state index contributed by atoms with van der Waals surface area (Å²) in [7, 11) is 1.59. The van der Waals surface area contributed by atoms with Crippen LogP contribution in [0.2, 0.25) is 0 Å². The van der Waals surface area contributed by atoms with Gasteiger partial charge in [0.25, 0.3) is 0 Å². The maximum absolute atomic E-state index is 8.89. The molecule has 0 fully saturated rings. The molecule has 0 saturated heterocycles. The van der Waals surface area contributed by atoms with E-state index in [9.17, 15) is 0 Å². The summed E-state index contributed by atoms with van der Waals surface area (Å²) < 4.78 is 5.25. The molecule has 0 aliphatic carbocycles. The number of nitrogens with zero attached hydrogens (tertiary/aromatic N) is 2. The van der Waals surface area contributed by atoms with E-state index in [4.69, 9.17) is 10.00 Å². The minimum atomic E-state index is 0.315. The summed E-state index contributed by atoms with van der Waals surface area (Å²) >= 11 is 0. The van der Waals surface area contributed by atoms with E-state index in [-0.39, 0.29) is 0 Å². The van der Waals surface area contributed by atoms with Crippen molar-refractivity contribution in [3.63, 3.8) is 0 Å². The summed E-state index contributed by atoms with van der Waals surface area (Å²) in [5, 5.41) is 8.89. The first-order chi connectivity index (χ1) is 8.36. The van der Waals surface area contributed by atoms with E-state index in [0.717, 1.165) is 16.7 Å². The molecule has 0 aliphatic heterocycles. The molecule has 2 rings (SSSR count). The van der Waals surface area contributed by atoms with Crippen molar-refractivity contribution in [3.05, 3.63) is 48.3 Å². The number of benzene rings is 1. The van der Waals surface area contributed by atoms with Gasteiger partial charge in [-0.05, 0) is 5.56 Å². The van der Waals surface area contributed by atoms with Crippen molar-refractivity contribution < 1.29 is 4.74 Å². The molecule has 1 aromatic carbocycles. The van der Waals surface area contributed by atoms with Crippen LogP contribution in [0.4, 0.5) is 0 Å². The number of hydrogen-bond acceptors (Lipinski definition) is 3. The van der Waals surface area contributed by atoms with Gasteiger partial charge in [0.1, 0.15) is 5.75 Å². The van der Waals surface area contributed by atoms with Gasteiger partial charge < -0.3 is 4.74 Å². The highest BCUT2D eigenvalue weighted by atomic mass is 16.5. The zero-order chi connectivity index (χ0) is 12.1. The summed E-state index contributed by atoms with van der Waals surface area (Å²) in [6, 6.07) is 12.0. The molecule has 3 heteroatoms. The summed E-state index contributed by atoms with van der Waals surface area (Å²) in [6.45, 7) is 0.